The average Bonchev–Trinajstić information content (AvgIpc) is 3.68. The van der Waals surface area contributed by atoms with Crippen molar-refractivity contribution in [3.8, 4) is 11.4 Å². The first-order valence-corrected chi connectivity index (χ1v) is 16.8. The van der Waals surface area contributed by atoms with E-state index in [1.54, 1.807) is 0 Å². The Morgan fingerprint density at radius 2 is 0.920 bits per heavy atom. The molecule has 0 saturated carbocycles. The Bertz CT molecular complexity index is 2730. The summed E-state index contributed by atoms with van der Waals surface area (Å²) in [7, 11) is 0. The molecule has 4 nitrogen and oxygen atoms in total. The smallest absolute Gasteiger partial charge is 0.0723 e. The molecule has 0 bridgehead atoms. The van der Waals surface area contributed by atoms with Crippen molar-refractivity contribution in [2.45, 2.75) is 0 Å². The van der Waals surface area contributed by atoms with Gasteiger partial charge in [-0.3, -0.25) is 4.99 Å². The topological polar surface area (TPSA) is 46.1 Å². The number of allylic oxidation sites excluding steroid dienone is 1. The molecule has 50 heavy (non-hydrogen) atoms. The van der Waals surface area contributed by atoms with Gasteiger partial charge < -0.3 is 14.5 Å². The molecule has 0 spiro atoms. The van der Waals surface area contributed by atoms with E-state index in [4.69, 9.17) is 10.4 Å². The molecule has 0 aliphatic carbocycles. The van der Waals surface area contributed by atoms with Crippen LogP contribution >= 0.6 is 0 Å². The Labute approximate surface area is 290 Å². The highest BCUT2D eigenvalue weighted by Gasteiger charge is 2.18. The molecule has 2 heterocycles. The standard InChI is InChI=1S/C46H32N4/c47-41(33-14-4-1-5-15-33)29-42(34-16-6-2-7-17-34)48-31-32-24-26-36(27-25-32)50-44-23-13-11-21-38(44)40-28-39-37-20-10-12-22-43(37)49(45(39)30-46(40)50)35-18-8-3-9-19-35/h1-31,47H/b42-29-,47-41?,48-31+. The van der Waals surface area contributed by atoms with E-state index in [0.29, 0.717) is 5.71 Å². The maximum atomic E-state index is 8.72. The second-order valence-electron chi connectivity index (χ2n) is 12.5. The molecule has 0 unspecified atom stereocenters. The van der Waals surface area contributed by atoms with Gasteiger partial charge in [0.15, 0.2) is 0 Å². The highest BCUT2D eigenvalue weighted by atomic mass is 15.0. The van der Waals surface area contributed by atoms with E-state index in [1.807, 2.05) is 73.0 Å². The molecule has 0 aliphatic rings. The Kier molecular flexibility index (Phi) is 7.25. The van der Waals surface area contributed by atoms with Crippen LogP contribution in [0.4, 0.5) is 0 Å². The van der Waals surface area contributed by atoms with Crippen LogP contribution in [-0.4, -0.2) is 21.1 Å². The largest absolute Gasteiger partial charge is 0.309 e. The van der Waals surface area contributed by atoms with Gasteiger partial charge in [0, 0.05) is 44.7 Å². The van der Waals surface area contributed by atoms with E-state index in [9.17, 15) is 0 Å². The summed E-state index contributed by atoms with van der Waals surface area (Å²) in [5, 5.41) is 13.7. The van der Waals surface area contributed by atoms with Crippen LogP contribution in [0, 0.1) is 5.41 Å². The zero-order chi connectivity index (χ0) is 33.4. The molecule has 236 valence electrons. The minimum absolute atomic E-state index is 0.420. The molecule has 0 radical (unpaired) electrons. The van der Waals surface area contributed by atoms with Crippen molar-refractivity contribution in [3.63, 3.8) is 0 Å². The lowest BCUT2D eigenvalue weighted by Crippen LogP contribution is -1.97. The number of para-hydroxylation sites is 3. The summed E-state index contributed by atoms with van der Waals surface area (Å²) < 4.78 is 4.75. The van der Waals surface area contributed by atoms with Crippen molar-refractivity contribution in [2.24, 2.45) is 4.99 Å². The van der Waals surface area contributed by atoms with Crippen molar-refractivity contribution in [1.82, 2.24) is 9.13 Å². The van der Waals surface area contributed by atoms with E-state index in [0.717, 1.165) is 39.3 Å². The van der Waals surface area contributed by atoms with E-state index in [1.165, 1.54) is 38.1 Å². The highest BCUT2D eigenvalue weighted by Crippen LogP contribution is 2.39. The fourth-order valence-corrected chi connectivity index (χ4v) is 7.06. The summed E-state index contributed by atoms with van der Waals surface area (Å²) in [6, 6.07) is 61.1. The first-order valence-electron chi connectivity index (χ1n) is 16.8. The third kappa shape index (κ3) is 5.11. The molecule has 7 aromatic carbocycles. The monoisotopic (exact) mass is 640 g/mol. The normalized spacial score (nSPS) is 12.1. The van der Waals surface area contributed by atoms with Crippen LogP contribution in [0.5, 0.6) is 0 Å². The molecule has 0 aliphatic heterocycles. The number of fused-ring (bicyclic) bond motifs is 6. The van der Waals surface area contributed by atoms with Gasteiger partial charge >= 0.3 is 0 Å². The van der Waals surface area contributed by atoms with Crippen LogP contribution < -0.4 is 0 Å². The summed E-state index contributed by atoms with van der Waals surface area (Å²) in [6.45, 7) is 0. The minimum Gasteiger partial charge on any atom is -0.309 e. The molecule has 0 fully saturated rings. The number of hydrogen-bond donors (Lipinski definition) is 1. The van der Waals surface area contributed by atoms with Gasteiger partial charge in [0.1, 0.15) is 0 Å². The van der Waals surface area contributed by atoms with Crippen molar-refractivity contribution >= 4 is 61.2 Å². The van der Waals surface area contributed by atoms with Gasteiger partial charge in [-0.15, -0.1) is 0 Å². The lowest BCUT2D eigenvalue weighted by Gasteiger charge is -2.10. The van der Waals surface area contributed by atoms with Crippen LogP contribution in [0.3, 0.4) is 0 Å². The van der Waals surface area contributed by atoms with Gasteiger partial charge in [-0.1, -0.05) is 127 Å². The van der Waals surface area contributed by atoms with E-state index < -0.39 is 0 Å². The fraction of sp³-hybridized carbons (Fsp3) is 0. The third-order valence-corrected chi connectivity index (χ3v) is 9.42. The number of benzene rings is 7. The number of aromatic nitrogens is 2. The first kappa shape index (κ1) is 29.4. The van der Waals surface area contributed by atoms with Gasteiger partial charge in [0.2, 0.25) is 0 Å². The summed E-state index contributed by atoms with van der Waals surface area (Å²) in [6.07, 6.45) is 3.72. The zero-order valence-electron chi connectivity index (χ0n) is 27.2. The molecular weight excluding hydrogens is 609 g/mol. The van der Waals surface area contributed by atoms with Crippen LogP contribution in [0.1, 0.15) is 16.7 Å². The fourth-order valence-electron chi connectivity index (χ4n) is 7.06. The summed E-state index contributed by atoms with van der Waals surface area (Å²) in [4.78, 5) is 4.90. The van der Waals surface area contributed by atoms with Gasteiger partial charge in [0.05, 0.1) is 33.5 Å². The number of nitrogens with zero attached hydrogens (tertiary/aromatic N) is 3. The van der Waals surface area contributed by atoms with Gasteiger partial charge in [-0.25, -0.2) is 0 Å². The molecule has 9 rings (SSSR count). The second-order valence-corrected chi connectivity index (χ2v) is 12.5. The average molecular weight is 641 g/mol. The van der Waals surface area contributed by atoms with Crippen LogP contribution in [-0.2, 0) is 0 Å². The van der Waals surface area contributed by atoms with Crippen molar-refractivity contribution in [3.05, 3.63) is 199 Å². The van der Waals surface area contributed by atoms with Crippen molar-refractivity contribution in [1.29, 1.82) is 5.41 Å². The maximum Gasteiger partial charge on any atom is 0.0723 e. The molecule has 0 saturated heterocycles. The number of hydrogen-bond acceptors (Lipinski definition) is 2. The van der Waals surface area contributed by atoms with Crippen LogP contribution in [0.2, 0.25) is 0 Å². The van der Waals surface area contributed by atoms with Gasteiger partial charge in [-0.05, 0) is 65.7 Å². The number of nitrogens with one attached hydrogen (secondary N) is 1. The highest BCUT2D eigenvalue weighted by molar-refractivity contribution is 6.19. The lowest BCUT2D eigenvalue weighted by atomic mass is 10.1. The van der Waals surface area contributed by atoms with E-state index >= 15 is 0 Å². The van der Waals surface area contributed by atoms with E-state index in [2.05, 4.69) is 124 Å². The summed E-state index contributed by atoms with van der Waals surface area (Å²) >= 11 is 0. The quantitative estimate of drug-likeness (QED) is 0.169. The molecule has 2 aromatic heterocycles. The predicted octanol–water partition coefficient (Wildman–Crippen LogP) is 11.4. The van der Waals surface area contributed by atoms with Crippen molar-refractivity contribution < 1.29 is 0 Å². The lowest BCUT2D eigenvalue weighted by molar-refractivity contribution is 1.16. The van der Waals surface area contributed by atoms with Crippen LogP contribution in [0.15, 0.2) is 187 Å². The Morgan fingerprint density at radius 3 is 1.50 bits per heavy atom. The number of aliphatic imine (C=N–C) groups is 1. The second kappa shape index (κ2) is 12.3. The Hall–Kier alpha value is -6.78. The zero-order valence-corrected chi connectivity index (χ0v) is 27.2. The van der Waals surface area contributed by atoms with Gasteiger partial charge in [-0.2, -0.15) is 0 Å². The predicted molar refractivity (Wildman–Crippen MR) is 210 cm³/mol. The Balaban J connectivity index is 1.16. The SMILES string of the molecule is N=C(/C=C(\N=C\c1ccc(-n2c3ccccc3c3cc4c5ccccc5n(-c5ccccc5)c4cc32)cc1)c1ccccc1)c1ccccc1. The molecule has 1 N–H and O–H groups in total. The molecule has 0 atom stereocenters. The minimum atomic E-state index is 0.420. The Morgan fingerprint density at radius 1 is 0.440 bits per heavy atom. The first-order chi connectivity index (χ1) is 24.7. The number of rotatable bonds is 7. The molecule has 0 amide bonds. The molecule has 4 heteroatoms. The van der Waals surface area contributed by atoms with Crippen LogP contribution in [0.25, 0.3) is 60.7 Å². The summed E-state index contributed by atoms with van der Waals surface area (Å²) in [5.41, 5.74) is 10.9. The third-order valence-electron chi connectivity index (χ3n) is 9.42. The molecular formula is C46H32N4. The van der Waals surface area contributed by atoms with Crippen molar-refractivity contribution in [2.75, 3.05) is 0 Å². The molecule has 9 aromatic rings. The summed E-state index contributed by atoms with van der Waals surface area (Å²) in [5.74, 6) is 0. The van der Waals surface area contributed by atoms with Gasteiger partial charge in [0.25, 0.3) is 0 Å². The maximum absolute atomic E-state index is 8.72. The van der Waals surface area contributed by atoms with E-state index in [-0.39, 0.29) is 0 Å².